The second-order valence-electron chi connectivity index (χ2n) is 11.3. The van der Waals surface area contributed by atoms with E-state index in [4.69, 9.17) is 47.4 Å². The van der Waals surface area contributed by atoms with E-state index in [-0.39, 0.29) is 5.75 Å². The van der Waals surface area contributed by atoms with Crippen molar-refractivity contribution in [2.75, 3.05) is 13.2 Å². The quantitative estimate of drug-likeness (QED) is 0.220. The first kappa shape index (κ1) is 41.0. The van der Waals surface area contributed by atoms with Crippen LogP contribution in [0.15, 0.2) is 29.2 Å². The molecular weight excluding hydrogens is 704 g/mol. The zero-order valence-corrected chi connectivity index (χ0v) is 29.6. The Morgan fingerprint density at radius 1 is 0.549 bits per heavy atom. The van der Waals surface area contributed by atoms with Gasteiger partial charge >= 0.3 is 41.8 Å². The highest BCUT2D eigenvalue weighted by molar-refractivity contribution is 7.99. The lowest BCUT2D eigenvalue weighted by molar-refractivity contribution is -0.341. The molecule has 0 radical (unpaired) electrons. The van der Waals surface area contributed by atoms with Crippen molar-refractivity contribution in [1.29, 1.82) is 0 Å². The van der Waals surface area contributed by atoms with Crippen LogP contribution in [0.3, 0.4) is 0 Å². The van der Waals surface area contributed by atoms with Gasteiger partial charge in [0.15, 0.2) is 36.8 Å². The third-order valence-corrected chi connectivity index (χ3v) is 8.13. The summed E-state index contributed by atoms with van der Waals surface area (Å²) < 4.78 is 56.7. The predicted octanol–water partition coefficient (Wildman–Crippen LogP) is 1.10. The molecule has 1 N–H and O–H groups in total. The van der Waals surface area contributed by atoms with Crippen molar-refractivity contribution in [3.63, 3.8) is 0 Å². The van der Waals surface area contributed by atoms with Gasteiger partial charge in [-0.3, -0.25) is 33.6 Å². The first-order valence-electron chi connectivity index (χ1n) is 15.5. The lowest BCUT2D eigenvalue weighted by Gasteiger charge is -2.48. The zero-order chi connectivity index (χ0) is 38.0. The van der Waals surface area contributed by atoms with Crippen LogP contribution < -0.4 is 0 Å². The minimum atomic E-state index is -1.78. The van der Waals surface area contributed by atoms with Gasteiger partial charge in [-0.15, -0.1) is 0 Å². The highest BCUT2D eigenvalue weighted by Gasteiger charge is 2.57. The molecule has 0 unspecified atom stereocenters. The Balaban J connectivity index is 2.16. The highest BCUT2D eigenvalue weighted by atomic mass is 32.2. The van der Waals surface area contributed by atoms with Crippen LogP contribution in [0.1, 0.15) is 48.5 Å². The molecule has 51 heavy (non-hydrogen) atoms. The number of aromatic hydroxyl groups is 1. The molecular formula is C32H40O18S. The van der Waals surface area contributed by atoms with Gasteiger partial charge < -0.3 is 52.5 Å². The summed E-state index contributed by atoms with van der Waals surface area (Å²) in [6, 6.07) is 5.91. The number of carbonyl (C=O) groups is 7. The smallest absolute Gasteiger partial charge is 0.303 e. The lowest BCUT2D eigenvalue weighted by Crippen LogP contribution is -2.66. The van der Waals surface area contributed by atoms with Crippen molar-refractivity contribution in [3.05, 3.63) is 24.3 Å². The van der Waals surface area contributed by atoms with E-state index in [1.54, 1.807) is 12.1 Å². The van der Waals surface area contributed by atoms with Gasteiger partial charge in [0.2, 0.25) is 0 Å². The number of hydrogen-bond donors (Lipinski definition) is 1. The molecule has 1 aromatic carbocycles. The topological polar surface area (TPSA) is 232 Å². The van der Waals surface area contributed by atoms with Gasteiger partial charge in [0.1, 0.15) is 42.7 Å². The monoisotopic (exact) mass is 744 g/mol. The SMILES string of the molecule is CC(=O)OC[C@H]1O[C@@H](Sc2ccc(O)cc2)[C@H](OC(C)=O)[C@@H](OC(C)=O)[C@@H]1O[C@H]1O[C@H](COC(C)=O)[C@@H](OC(C)=O)[C@H](OC(C)=O)[C@H]1OC(C)=O. The van der Waals surface area contributed by atoms with Crippen molar-refractivity contribution >= 4 is 53.5 Å². The summed E-state index contributed by atoms with van der Waals surface area (Å²) in [7, 11) is 0. The van der Waals surface area contributed by atoms with Gasteiger partial charge in [-0.25, -0.2) is 0 Å². The number of phenolic OH excluding ortho intramolecular Hbond substituents is 1. The molecule has 19 heteroatoms. The number of carbonyl (C=O) groups excluding carboxylic acids is 7. The molecule has 2 fully saturated rings. The van der Waals surface area contributed by atoms with Crippen LogP contribution in [0, 0.1) is 0 Å². The van der Waals surface area contributed by atoms with Gasteiger partial charge in [-0.05, 0) is 24.3 Å². The molecule has 0 saturated carbocycles. The molecule has 1 aromatic rings. The number of phenols is 1. The van der Waals surface area contributed by atoms with Gasteiger partial charge in [-0.1, -0.05) is 11.8 Å². The summed E-state index contributed by atoms with van der Waals surface area (Å²) in [6.07, 6.45) is -13.8. The minimum Gasteiger partial charge on any atom is -0.508 e. The van der Waals surface area contributed by atoms with Crippen molar-refractivity contribution < 1.29 is 86.0 Å². The summed E-state index contributed by atoms with van der Waals surface area (Å²) in [5.41, 5.74) is -1.14. The number of rotatable bonds is 13. The molecule has 282 valence electrons. The summed E-state index contributed by atoms with van der Waals surface area (Å²) in [4.78, 5) is 86.1. The highest BCUT2D eigenvalue weighted by Crippen LogP contribution is 2.40. The fourth-order valence-electron chi connectivity index (χ4n) is 5.23. The molecule has 10 atom stereocenters. The van der Waals surface area contributed by atoms with Crippen molar-refractivity contribution in [2.45, 2.75) is 114 Å². The molecule has 2 heterocycles. The second-order valence-corrected chi connectivity index (χ2v) is 12.4. The Hall–Kier alpha value is -4.46. The first-order chi connectivity index (χ1) is 23.9. The fraction of sp³-hybridized carbons (Fsp3) is 0.594. The largest absolute Gasteiger partial charge is 0.508 e. The molecule has 2 saturated heterocycles. The molecule has 0 aliphatic carbocycles. The van der Waals surface area contributed by atoms with Crippen LogP contribution >= 0.6 is 11.8 Å². The van der Waals surface area contributed by atoms with Crippen LogP contribution in [0.25, 0.3) is 0 Å². The fourth-order valence-corrected chi connectivity index (χ4v) is 6.33. The van der Waals surface area contributed by atoms with Crippen molar-refractivity contribution in [2.24, 2.45) is 0 Å². The summed E-state index contributed by atoms with van der Waals surface area (Å²) in [5.74, 6) is -5.81. The molecule has 0 amide bonds. The molecule has 0 bridgehead atoms. The molecule has 0 spiro atoms. The van der Waals surface area contributed by atoms with E-state index in [1.807, 2.05) is 0 Å². The number of esters is 7. The second kappa shape index (κ2) is 18.7. The molecule has 2 aliphatic rings. The van der Waals surface area contributed by atoms with Gasteiger partial charge in [-0.2, -0.15) is 0 Å². The zero-order valence-electron chi connectivity index (χ0n) is 28.8. The van der Waals surface area contributed by atoms with E-state index in [2.05, 4.69) is 0 Å². The maximum Gasteiger partial charge on any atom is 0.303 e. The van der Waals surface area contributed by atoms with Gasteiger partial charge in [0, 0.05) is 53.4 Å². The van der Waals surface area contributed by atoms with Crippen LogP contribution in [0.2, 0.25) is 0 Å². The molecule has 18 nitrogen and oxygen atoms in total. The molecule has 0 aromatic heterocycles. The summed E-state index contributed by atoms with van der Waals surface area (Å²) >= 11 is 1.02. The first-order valence-corrected chi connectivity index (χ1v) is 16.4. The third kappa shape index (κ3) is 12.4. The Kier molecular flexibility index (Phi) is 15.0. The molecule has 2 aliphatic heterocycles. The summed E-state index contributed by atoms with van der Waals surface area (Å²) in [5, 5.41) is 9.76. The maximum absolute atomic E-state index is 12.6. The van der Waals surface area contributed by atoms with E-state index >= 15 is 0 Å². The number of hydrogen-bond acceptors (Lipinski definition) is 19. The Morgan fingerprint density at radius 3 is 1.43 bits per heavy atom. The van der Waals surface area contributed by atoms with Crippen molar-refractivity contribution in [1.82, 2.24) is 0 Å². The Labute approximate surface area is 296 Å². The van der Waals surface area contributed by atoms with E-state index in [0.29, 0.717) is 4.90 Å². The maximum atomic E-state index is 12.6. The van der Waals surface area contributed by atoms with E-state index in [1.165, 1.54) is 12.1 Å². The van der Waals surface area contributed by atoms with Crippen LogP contribution in [-0.4, -0.2) is 121 Å². The van der Waals surface area contributed by atoms with Crippen molar-refractivity contribution in [3.8, 4) is 5.75 Å². The van der Waals surface area contributed by atoms with Gasteiger partial charge in [0.05, 0.1) is 0 Å². The average Bonchev–Trinajstić information content (AvgIpc) is 3.00. The predicted molar refractivity (Wildman–Crippen MR) is 167 cm³/mol. The lowest BCUT2D eigenvalue weighted by atomic mass is 9.96. The number of benzene rings is 1. The van der Waals surface area contributed by atoms with E-state index < -0.39 is 116 Å². The summed E-state index contributed by atoms with van der Waals surface area (Å²) in [6.45, 7) is 6.47. The van der Waals surface area contributed by atoms with Crippen LogP contribution in [0.5, 0.6) is 5.75 Å². The number of thioether (sulfide) groups is 1. The Morgan fingerprint density at radius 2 is 0.961 bits per heavy atom. The van der Waals surface area contributed by atoms with E-state index in [0.717, 1.165) is 60.2 Å². The average molecular weight is 745 g/mol. The molecule has 3 rings (SSSR count). The standard InChI is InChI=1S/C32H40O18S/c1-14(33)41-12-23-25(43-16(3)35)27(44-17(4)36)29(46-19(6)38)31(48-23)50-26-24(13-42-15(2)34)49-32(51-22-10-8-21(40)9-11-22)30(47-20(7)39)28(26)45-18(5)37/h8-11,23-32,40H,12-13H2,1-7H3/t23-,24-,25-,26-,27+,28+,29-,30-,31-,32+/m1/s1. The van der Waals surface area contributed by atoms with E-state index in [9.17, 15) is 38.7 Å². The van der Waals surface area contributed by atoms with Crippen LogP contribution in [-0.2, 0) is 80.9 Å². The van der Waals surface area contributed by atoms with Crippen LogP contribution in [0.4, 0.5) is 0 Å². The van der Waals surface area contributed by atoms with Gasteiger partial charge in [0.25, 0.3) is 0 Å². The third-order valence-electron chi connectivity index (χ3n) is 6.97. The Bertz CT molecular complexity index is 1430. The minimum absolute atomic E-state index is 0.0238. The normalized spacial score (nSPS) is 28.7. The number of ether oxygens (including phenoxy) is 10.